The van der Waals surface area contributed by atoms with Crippen LogP contribution in [0.2, 0.25) is 0 Å². The van der Waals surface area contributed by atoms with Gasteiger partial charge in [0.05, 0.1) is 11.5 Å². The van der Waals surface area contributed by atoms with E-state index in [-0.39, 0.29) is 11.8 Å². The number of nitrogens with one attached hydrogen (secondary N) is 1. The molecule has 2 saturated heterocycles. The van der Waals surface area contributed by atoms with E-state index in [0.29, 0.717) is 18.4 Å². The van der Waals surface area contributed by atoms with Crippen molar-refractivity contribution >= 4 is 22.5 Å². The van der Waals surface area contributed by atoms with Gasteiger partial charge < -0.3 is 16.2 Å². The number of hydrogen-bond acceptors (Lipinski definition) is 4. The number of hydrogen-bond donors (Lipinski definition) is 3. The number of carboxylic acids is 1. The molecule has 124 valence electrons. The molecule has 24 heavy (non-hydrogen) atoms. The third kappa shape index (κ3) is 2.16. The summed E-state index contributed by atoms with van der Waals surface area (Å²) in [6, 6.07) is 12.8. The van der Waals surface area contributed by atoms with Crippen molar-refractivity contribution in [3.05, 3.63) is 48.0 Å². The van der Waals surface area contributed by atoms with Crippen molar-refractivity contribution in [1.82, 2.24) is 5.32 Å². The van der Waals surface area contributed by atoms with Crippen LogP contribution in [0.3, 0.4) is 0 Å². The van der Waals surface area contributed by atoms with E-state index in [1.165, 1.54) is 0 Å². The Labute approximate surface area is 139 Å². The van der Waals surface area contributed by atoms with Crippen LogP contribution in [0.1, 0.15) is 29.6 Å². The molecule has 0 amide bonds. The van der Waals surface area contributed by atoms with Gasteiger partial charge in [0.25, 0.3) is 0 Å². The molecule has 4 rings (SSSR count). The lowest BCUT2D eigenvalue weighted by atomic mass is 9.74. The van der Waals surface area contributed by atoms with Crippen LogP contribution in [0.5, 0.6) is 0 Å². The second kappa shape index (κ2) is 5.40. The predicted molar refractivity (Wildman–Crippen MR) is 90.9 cm³/mol. The number of aliphatic carboxylic acids is 1. The van der Waals surface area contributed by atoms with E-state index >= 15 is 0 Å². The standard InChI is InChI=1S/C19H20N2O3/c20-16-15(18(23)24)10-14-7-8-19(16,21-14)17(22)13-6-5-11-3-1-2-4-12(11)9-13/h1-6,9,14-16,21H,7-8,10,20H2,(H,23,24). The van der Waals surface area contributed by atoms with Gasteiger partial charge in [-0.1, -0.05) is 36.4 Å². The zero-order valence-electron chi connectivity index (χ0n) is 13.2. The highest BCUT2D eigenvalue weighted by molar-refractivity contribution is 6.07. The number of ketones is 1. The average Bonchev–Trinajstić information content (AvgIpc) is 2.97. The van der Waals surface area contributed by atoms with Crippen molar-refractivity contribution in [2.75, 3.05) is 0 Å². The van der Waals surface area contributed by atoms with Crippen LogP contribution in [0.25, 0.3) is 10.8 Å². The summed E-state index contributed by atoms with van der Waals surface area (Å²) in [5, 5.41) is 14.9. The van der Waals surface area contributed by atoms with E-state index in [2.05, 4.69) is 5.32 Å². The fraction of sp³-hybridized carbons (Fsp3) is 0.368. The topological polar surface area (TPSA) is 92.4 Å². The van der Waals surface area contributed by atoms with Crippen LogP contribution in [0.4, 0.5) is 0 Å². The molecule has 2 aliphatic rings. The van der Waals surface area contributed by atoms with E-state index in [1.807, 2.05) is 42.5 Å². The Balaban J connectivity index is 1.75. The van der Waals surface area contributed by atoms with Crippen molar-refractivity contribution in [2.24, 2.45) is 11.7 Å². The van der Waals surface area contributed by atoms with Crippen LogP contribution in [0, 0.1) is 5.92 Å². The van der Waals surface area contributed by atoms with Crippen molar-refractivity contribution in [3.63, 3.8) is 0 Å². The lowest BCUT2D eigenvalue weighted by Gasteiger charge is -2.42. The molecule has 0 radical (unpaired) electrons. The average molecular weight is 324 g/mol. The van der Waals surface area contributed by atoms with Crippen LogP contribution in [0.15, 0.2) is 42.5 Å². The molecular weight excluding hydrogens is 304 g/mol. The molecule has 0 aliphatic carbocycles. The predicted octanol–water partition coefficient (Wildman–Crippen LogP) is 1.95. The zero-order chi connectivity index (χ0) is 16.9. The summed E-state index contributed by atoms with van der Waals surface area (Å²) in [7, 11) is 0. The summed E-state index contributed by atoms with van der Waals surface area (Å²) in [6.45, 7) is 0. The summed E-state index contributed by atoms with van der Waals surface area (Å²) in [5.74, 6) is -1.68. The molecule has 0 aromatic heterocycles. The lowest BCUT2D eigenvalue weighted by molar-refractivity contribution is -0.144. The first kappa shape index (κ1) is 15.3. The molecule has 4 N–H and O–H groups in total. The fourth-order valence-electron chi connectivity index (χ4n) is 4.32. The van der Waals surface area contributed by atoms with Gasteiger partial charge in [-0.05, 0) is 36.1 Å². The molecule has 0 spiro atoms. The third-order valence-electron chi connectivity index (χ3n) is 5.62. The quantitative estimate of drug-likeness (QED) is 0.751. The van der Waals surface area contributed by atoms with Gasteiger partial charge in [0, 0.05) is 17.6 Å². The highest BCUT2D eigenvalue weighted by atomic mass is 16.4. The van der Waals surface area contributed by atoms with Crippen molar-refractivity contribution in [3.8, 4) is 0 Å². The Hall–Kier alpha value is -2.24. The smallest absolute Gasteiger partial charge is 0.308 e. The maximum absolute atomic E-state index is 13.3. The van der Waals surface area contributed by atoms with Crippen LogP contribution >= 0.6 is 0 Å². The summed E-state index contributed by atoms with van der Waals surface area (Å²) in [5.41, 5.74) is 5.91. The van der Waals surface area contributed by atoms with E-state index in [9.17, 15) is 14.7 Å². The highest BCUT2D eigenvalue weighted by Gasteiger charge is 2.57. The van der Waals surface area contributed by atoms with E-state index in [4.69, 9.17) is 5.73 Å². The minimum absolute atomic E-state index is 0.0512. The van der Waals surface area contributed by atoms with Gasteiger partial charge >= 0.3 is 5.97 Å². The number of rotatable bonds is 3. The molecular formula is C19H20N2O3. The molecule has 5 heteroatoms. The normalized spacial score (nSPS) is 32.0. The van der Waals surface area contributed by atoms with Gasteiger partial charge in [0.15, 0.2) is 5.78 Å². The van der Waals surface area contributed by atoms with Crippen molar-refractivity contribution in [2.45, 2.75) is 36.9 Å². The molecule has 2 bridgehead atoms. The van der Waals surface area contributed by atoms with Gasteiger partial charge in [-0.25, -0.2) is 0 Å². The number of benzene rings is 2. The number of Topliss-reactive ketones (excluding diaryl/α,β-unsaturated/α-hetero) is 1. The Bertz CT molecular complexity index is 834. The molecule has 2 aromatic carbocycles. The number of carbonyl (C=O) groups is 2. The highest BCUT2D eigenvalue weighted by Crippen LogP contribution is 2.40. The summed E-state index contributed by atoms with van der Waals surface area (Å²) in [6.07, 6.45) is 1.87. The minimum Gasteiger partial charge on any atom is -0.481 e. The minimum atomic E-state index is -0.964. The summed E-state index contributed by atoms with van der Waals surface area (Å²) in [4.78, 5) is 24.8. The number of carbonyl (C=O) groups excluding carboxylic acids is 1. The monoisotopic (exact) mass is 324 g/mol. The number of fused-ring (bicyclic) bond motifs is 3. The van der Waals surface area contributed by atoms with Gasteiger partial charge in [0.2, 0.25) is 0 Å². The molecule has 0 saturated carbocycles. The first-order valence-electron chi connectivity index (χ1n) is 8.31. The van der Waals surface area contributed by atoms with Crippen LogP contribution in [-0.2, 0) is 4.79 Å². The van der Waals surface area contributed by atoms with Gasteiger partial charge in [-0.3, -0.25) is 9.59 Å². The van der Waals surface area contributed by atoms with Gasteiger partial charge in [-0.2, -0.15) is 0 Å². The summed E-state index contributed by atoms with van der Waals surface area (Å²) < 4.78 is 0. The Morgan fingerprint density at radius 3 is 2.67 bits per heavy atom. The first-order chi connectivity index (χ1) is 11.5. The fourth-order valence-corrected chi connectivity index (χ4v) is 4.32. The van der Waals surface area contributed by atoms with E-state index in [0.717, 1.165) is 17.2 Å². The second-order valence-corrected chi connectivity index (χ2v) is 6.95. The second-order valence-electron chi connectivity index (χ2n) is 6.95. The Kier molecular flexibility index (Phi) is 3.44. The number of nitrogens with two attached hydrogens (primary N) is 1. The Morgan fingerprint density at radius 1 is 1.17 bits per heavy atom. The molecule has 2 fully saturated rings. The van der Waals surface area contributed by atoms with Gasteiger partial charge in [-0.15, -0.1) is 0 Å². The number of carboxylic acid groups (broad SMARTS) is 1. The molecule has 5 nitrogen and oxygen atoms in total. The van der Waals surface area contributed by atoms with Crippen molar-refractivity contribution < 1.29 is 14.7 Å². The van der Waals surface area contributed by atoms with Crippen LogP contribution < -0.4 is 11.1 Å². The molecule has 4 unspecified atom stereocenters. The van der Waals surface area contributed by atoms with Gasteiger partial charge in [0.1, 0.15) is 0 Å². The lowest BCUT2D eigenvalue weighted by Crippen LogP contribution is -2.68. The molecule has 2 heterocycles. The summed E-state index contributed by atoms with van der Waals surface area (Å²) >= 11 is 0. The third-order valence-corrected chi connectivity index (χ3v) is 5.62. The zero-order valence-corrected chi connectivity index (χ0v) is 13.2. The van der Waals surface area contributed by atoms with Crippen LogP contribution in [-0.4, -0.2) is 34.5 Å². The van der Waals surface area contributed by atoms with E-state index in [1.54, 1.807) is 0 Å². The Morgan fingerprint density at radius 2 is 1.92 bits per heavy atom. The molecule has 2 aliphatic heterocycles. The number of piperidine rings is 1. The maximum atomic E-state index is 13.3. The molecule has 2 aromatic rings. The SMILES string of the molecule is NC1C(C(=O)O)CC2CCC1(C(=O)c1ccc3ccccc3c1)N2. The van der Waals surface area contributed by atoms with E-state index < -0.39 is 23.5 Å². The maximum Gasteiger partial charge on any atom is 0.308 e. The molecule has 4 atom stereocenters. The largest absolute Gasteiger partial charge is 0.481 e. The first-order valence-corrected chi connectivity index (χ1v) is 8.31. The van der Waals surface area contributed by atoms with Crippen molar-refractivity contribution in [1.29, 1.82) is 0 Å².